The Balaban J connectivity index is 1.76. The zero-order valence-corrected chi connectivity index (χ0v) is 10.6. The molecule has 4 heteroatoms. The summed E-state index contributed by atoms with van der Waals surface area (Å²) in [6.45, 7) is 4.20. The monoisotopic (exact) mass is 242 g/mol. The molecule has 0 bridgehead atoms. The molecule has 1 aromatic heterocycles. The van der Waals surface area contributed by atoms with Crippen molar-refractivity contribution in [1.29, 1.82) is 0 Å². The highest BCUT2D eigenvalue weighted by atomic mass is 15.5. The summed E-state index contributed by atoms with van der Waals surface area (Å²) in [5.41, 5.74) is 2.32. The summed E-state index contributed by atoms with van der Waals surface area (Å²) in [5, 5.41) is 7.94. The number of para-hydroxylation sites is 1. The molecule has 2 aromatic rings. The van der Waals surface area contributed by atoms with E-state index in [9.17, 15) is 0 Å². The number of likely N-dealkylation sites (N-methyl/N-ethyl adjacent to an activating group) is 1. The van der Waals surface area contributed by atoms with Crippen LogP contribution in [0, 0.1) is 0 Å². The first kappa shape index (κ1) is 11.3. The first-order valence-electron chi connectivity index (χ1n) is 6.36. The summed E-state index contributed by atoms with van der Waals surface area (Å²) >= 11 is 0. The molecule has 1 saturated heterocycles. The lowest BCUT2D eigenvalue weighted by atomic mass is 10.2. The zero-order chi connectivity index (χ0) is 12.4. The number of aromatic amines is 1. The van der Waals surface area contributed by atoms with Crippen molar-refractivity contribution < 1.29 is 0 Å². The number of rotatable bonds is 2. The van der Waals surface area contributed by atoms with Crippen molar-refractivity contribution in [2.45, 2.75) is 0 Å². The maximum atomic E-state index is 4.57. The van der Waals surface area contributed by atoms with Crippen LogP contribution in [-0.2, 0) is 0 Å². The molecule has 0 atom stereocenters. The first-order valence-corrected chi connectivity index (χ1v) is 6.36. The van der Waals surface area contributed by atoms with E-state index in [1.54, 1.807) is 0 Å². The molecule has 0 radical (unpaired) electrons. The molecule has 1 aromatic carbocycles. The van der Waals surface area contributed by atoms with Gasteiger partial charge in [0.1, 0.15) is 0 Å². The van der Waals surface area contributed by atoms with Gasteiger partial charge in [-0.15, -0.1) is 0 Å². The van der Waals surface area contributed by atoms with Gasteiger partial charge in [0.05, 0.1) is 6.21 Å². The fourth-order valence-electron chi connectivity index (χ4n) is 2.26. The number of nitrogens with zero attached hydrogens (tertiary/aromatic N) is 3. The van der Waals surface area contributed by atoms with E-state index in [-0.39, 0.29) is 0 Å². The molecule has 0 unspecified atom stereocenters. The van der Waals surface area contributed by atoms with Gasteiger partial charge in [0.25, 0.3) is 0 Å². The van der Waals surface area contributed by atoms with E-state index >= 15 is 0 Å². The van der Waals surface area contributed by atoms with Crippen molar-refractivity contribution in [2.75, 3.05) is 33.2 Å². The number of aromatic nitrogens is 1. The molecular formula is C14H18N4. The van der Waals surface area contributed by atoms with Gasteiger partial charge in [0, 0.05) is 48.8 Å². The topological polar surface area (TPSA) is 34.6 Å². The third kappa shape index (κ3) is 2.24. The van der Waals surface area contributed by atoms with Gasteiger partial charge in [0.2, 0.25) is 0 Å². The highest BCUT2D eigenvalue weighted by Gasteiger charge is 2.11. The lowest BCUT2D eigenvalue weighted by Crippen LogP contribution is -2.41. The Morgan fingerprint density at radius 3 is 2.78 bits per heavy atom. The van der Waals surface area contributed by atoms with E-state index in [1.165, 1.54) is 5.39 Å². The number of hydrogen-bond donors (Lipinski definition) is 1. The molecule has 1 aliphatic rings. The summed E-state index contributed by atoms with van der Waals surface area (Å²) in [6.07, 6.45) is 3.98. The standard InChI is InChI=1S/C14H18N4/c1-17-6-8-18(9-7-17)16-11-12-10-15-14-5-3-2-4-13(12)14/h2-5,10-11,15H,6-9H2,1H3/b16-11+. The van der Waals surface area contributed by atoms with Gasteiger partial charge in [-0.3, -0.25) is 5.01 Å². The minimum absolute atomic E-state index is 1.01. The molecule has 18 heavy (non-hydrogen) atoms. The summed E-state index contributed by atoms with van der Waals surface area (Å²) in [7, 11) is 2.15. The van der Waals surface area contributed by atoms with Gasteiger partial charge in [-0.25, -0.2) is 0 Å². The molecule has 1 N–H and O–H groups in total. The number of benzene rings is 1. The van der Waals surface area contributed by atoms with E-state index in [0.717, 1.165) is 37.3 Å². The van der Waals surface area contributed by atoms with Crippen LogP contribution in [0.5, 0.6) is 0 Å². The minimum Gasteiger partial charge on any atom is -0.361 e. The Labute approximate surface area is 107 Å². The van der Waals surface area contributed by atoms with Crippen LogP contribution >= 0.6 is 0 Å². The Bertz CT molecular complexity index is 550. The summed E-state index contributed by atoms with van der Waals surface area (Å²) in [6, 6.07) is 8.31. The lowest BCUT2D eigenvalue weighted by molar-refractivity contribution is 0.159. The van der Waals surface area contributed by atoms with Crippen LogP contribution in [0.4, 0.5) is 0 Å². The third-order valence-corrected chi connectivity index (χ3v) is 3.46. The van der Waals surface area contributed by atoms with Crippen LogP contribution in [0.15, 0.2) is 35.6 Å². The summed E-state index contributed by atoms with van der Waals surface area (Å²) in [5.74, 6) is 0. The minimum atomic E-state index is 1.01. The van der Waals surface area contributed by atoms with E-state index < -0.39 is 0 Å². The van der Waals surface area contributed by atoms with Crippen molar-refractivity contribution in [3.8, 4) is 0 Å². The fraction of sp³-hybridized carbons (Fsp3) is 0.357. The van der Waals surface area contributed by atoms with Crippen LogP contribution in [0.25, 0.3) is 10.9 Å². The van der Waals surface area contributed by atoms with Crippen molar-refractivity contribution in [3.05, 3.63) is 36.0 Å². The van der Waals surface area contributed by atoms with Crippen LogP contribution in [0.1, 0.15) is 5.56 Å². The second-order valence-electron chi connectivity index (χ2n) is 4.79. The van der Waals surface area contributed by atoms with Crippen LogP contribution < -0.4 is 0 Å². The first-order chi connectivity index (χ1) is 8.83. The molecule has 1 fully saturated rings. The van der Waals surface area contributed by atoms with Crippen LogP contribution in [-0.4, -0.2) is 54.3 Å². The number of fused-ring (bicyclic) bond motifs is 1. The average Bonchev–Trinajstić information content (AvgIpc) is 2.82. The smallest absolute Gasteiger partial charge is 0.0564 e. The van der Waals surface area contributed by atoms with Gasteiger partial charge in [-0.1, -0.05) is 18.2 Å². The average molecular weight is 242 g/mol. The number of H-pyrrole nitrogens is 1. The van der Waals surface area contributed by atoms with E-state index in [4.69, 9.17) is 0 Å². The van der Waals surface area contributed by atoms with Crippen molar-refractivity contribution in [3.63, 3.8) is 0 Å². The van der Waals surface area contributed by atoms with Gasteiger partial charge >= 0.3 is 0 Å². The highest BCUT2D eigenvalue weighted by molar-refractivity contribution is 5.98. The molecule has 94 valence electrons. The SMILES string of the molecule is CN1CCN(/N=C/c2c[nH]c3ccccc23)CC1. The molecule has 0 spiro atoms. The van der Waals surface area contributed by atoms with Crippen LogP contribution in [0.2, 0.25) is 0 Å². The Morgan fingerprint density at radius 2 is 1.94 bits per heavy atom. The maximum absolute atomic E-state index is 4.57. The maximum Gasteiger partial charge on any atom is 0.0564 e. The molecule has 2 heterocycles. The second kappa shape index (κ2) is 4.82. The van der Waals surface area contributed by atoms with Crippen molar-refractivity contribution >= 4 is 17.1 Å². The van der Waals surface area contributed by atoms with E-state index in [0.29, 0.717) is 0 Å². The largest absolute Gasteiger partial charge is 0.361 e. The zero-order valence-electron chi connectivity index (χ0n) is 10.6. The van der Waals surface area contributed by atoms with Crippen LogP contribution in [0.3, 0.4) is 0 Å². The lowest BCUT2D eigenvalue weighted by Gasteiger charge is -2.30. The molecule has 0 amide bonds. The van der Waals surface area contributed by atoms with Crippen molar-refractivity contribution in [2.24, 2.45) is 5.10 Å². The normalized spacial score (nSPS) is 17.9. The highest BCUT2D eigenvalue weighted by Crippen LogP contribution is 2.15. The Morgan fingerprint density at radius 1 is 1.17 bits per heavy atom. The van der Waals surface area contributed by atoms with Gasteiger partial charge in [-0.2, -0.15) is 5.10 Å². The van der Waals surface area contributed by atoms with Gasteiger partial charge < -0.3 is 9.88 Å². The third-order valence-electron chi connectivity index (χ3n) is 3.46. The molecule has 3 rings (SSSR count). The van der Waals surface area contributed by atoms with Gasteiger partial charge in [0.15, 0.2) is 0 Å². The molecule has 4 nitrogen and oxygen atoms in total. The second-order valence-corrected chi connectivity index (χ2v) is 4.79. The fourth-order valence-corrected chi connectivity index (χ4v) is 2.26. The predicted molar refractivity (Wildman–Crippen MR) is 75.0 cm³/mol. The Kier molecular flexibility index (Phi) is 3.02. The summed E-state index contributed by atoms with van der Waals surface area (Å²) in [4.78, 5) is 5.60. The summed E-state index contributed by atoms with van der Waals surface area (Å²) < 4.78 is 0. The predicted octanol–water partition coefficient (Wildman–Crippen LogP) is 1.75. The van der Waals surface area contributed by atoms with E-state index in [2.05, 4.69) is 45.2 Å². The molecule has 0 aliphatic carbocycles. The molecule has 1 aliphatic heterocycles. The van der Waals surface area contributed by atoms with E-state index in [1.807, 2.05) is 18.5 Å². The number of hydrogen-bond acceptors (Lipinski definition) is 3. The Hall–Kier alpha value is -1.81. The molecular weight excluding hydrogens is 224 g/mol. The number of hydrazone groups is 1. The molecule has 0 saturated carbocycles. The number of nitrogens with one attached hydrogen (secondary N) is 1. The quantitative estimate of drug-likeness (QED) is 0.814. The van der Waals surface area contributed by atoms with Gasteiger partial charge in [-0.05, 0) is 13.1 Å². The van der Waals surface area contributed by atoms with Crippen molar-refractivity contribution in [1.82, 2.24) is 14.9 Å². The number of piperazine rings is 1.